The number of carbonyl (C=O) groups is 2. The lowest BCUT2D eigenvalue weighted by Crippen LogP contribution is -2.54. The second-order valence-electron chi connectivity index (χ2n) is 8.91. The number of unbranched alkanes of at least 4 members (excludes halogenated alkanes) is 3. The van der Waals surface area contributed by atoms with Gasteiger partial charge in [-0.05, 0) is 32.4 Å². The molecule has 0 aromatic heterocycles. The number of alkyl halides is 1. The summed E-state index contributed by atoms with van der Waals surface area (Å²) in [6.45, 7) is 7.10. The summed E-state index contributed by atoms with van der Waals surface area (Å²) in [5, 5.41) is 12.4. The van der Waals surface area contributed by atoms with E-state index in [-0.39, 0.29) is 31.3 Å². The van der Waals surface area contributed by atoms with Crippen molar-refractivity contribution in [2.75, 3.05) is 26.2 Å². The van der Waals surface area contributed by atoms with Gasteiger partial charge in [-0.15, -0.1) is 0 Å². The van der Waals surface area contributed by atoms with Crippen molar-refractivity contribution in [1.29, 1.82) is 5.26 Å². The highest BCUT2D eigenvalue weighted by Crippen LogP contribution is 2.20. The molecule has 0 saturated carbocycles. The number of nitrogens with zero attached hydrogens (tertiary/aromatic N) is 3. The Morgan fingerprint density at radius 2 is 1.97 bits per heavy atom. The van der Waals surface area contributed by atoms with Gasteiger partial charge in [0.25, 0.3) is 5.91 Å². The molecule has 2 amide bonds. The summed E-state index contributed by atoms with van der Waals surface area (Å²) in [7, 11) is 0. The molecule has 0 unspecified atom stereocenters. The molecule has 2 atom stereocenters. The lowest BCUT2D eigenvalue weighted by Gasteiger charge is -2.34. The number of rotatable bonds is 11. The number of benzene rings is 1. The van der Waals surface area contributed by atoms with Crippen LogP contribution < -0.4 is 5.32 Å². The summed E-state index contributed by atoms with van der Waals surface area (Å²) >= 11 is 0. The van der Waals surface area contributed by atoms with Crippen molar-refractivity contribution in [3.05, 3.63) is 35.9 Å². The molecule has 1 aromatic carbocycles. The van der Waals surface area contributed by atoms with E-state index >= 15 is 0 Å². The molecule has 1 heterocycles. The first-order valence-electron chi connectivity index (χ1n) is 11.2. The lowest BCUT2D eigenvalue weighted by molar-refractivity contribution is -0.130. The van der Waals surface area contributed by atoms with Crippen molar-refractivity contribution >= 4 is 11.8 Å². The fourth-order valence-electron chi connectivity index (χ4n) is 3.88. The molecule has 6 nitrogen and oxygen atoms in total. The number of carbonyl (C=O) groups excluding carboxylic acids is 2. The molecule has 7 heteroatoms. The van der Waals surface area contributed by atoms with Gasteiger partial charge in [-0.25, -0.2) is 4.39 Å². The summed E-state index contributed by atoms with van der Waals surface area (Å²) in [6.07, 6.45) is 3.18. The number of amides is 2. The van der Waals surface area contributed by atoms with E-state index in [9.17, 15) is 14.0 Å². The number of halogens is 1. The van der Waals surface area contributed by atoms with Crippen molar-refractivity contribution in [2.24, 2.45) is 0 Å². The summed E-state index contributed by atoms with van der Waals surface area (Å²) in [5.74, 6) is -0.314. The molecular weight excluding hydrogens is 395 g/mol. The molecule has 0 bridgehead atoms. The number of hydrogen-bond acceptors (Lipinski definition) is 4. The van der Waals surface area contributed by atoms with E-state index in [1.54, 1.807) is 0 Å². The zero-order valence-corrected chi connectivity index (χ0v) is 18.9. The van der Waals surface area contributed by atoms with Crippen LogP contribution in [0.25, 0.3) is 0 Å². The molecule has 170 valence electrons. The van der Waals surface area contributed by atoms with Crippen molar-refractivity contribution < 1.29 is 14.0 Å². The maximum atomic E-state index is 13.6. The molecule has 1 aromatic rings. The van der Waals surface area contributed by atoms with Crippen molar-refractivity contribution in [3.63, 3.8) is 0 Å². The Kier molecular flexibility index (Phi) is 9.44. The zero-order valence-electron chi connectivity index (χ0n) is 18.9. The maximum absolute atomic E-state index is 13.6. The van der Waals surface area contributed by atoms with Crippen molar-refractivity contribution in [1.82, 2.24) is 15.1 Å². The predicted octanol–water partition coefficient (Wildman–Crippen LogP) is 3.54. The summed E-state index contributed by atoms with van der Waals surface area (Å²) in [6, 6.07) is 10.5. The van der Waals surface area contributed by atoms with E-state index < -0.39 is 17.8 Å². The monoisotopic (exact) mass is 430 g/mol. The Balaban J connectivity index is 1.99. The van der Waals surface area contributed by atoms with Gasteiger partial charge in [-0.2, -0.15) is 5.26 Å². The van der Waals surface area contributed by atoms with Gasteiger partial charge >= 0.3 is 0 Å². The quantitative estimate of drug-likeness (QED) is 0.545. The van der Waals surface area contributed by atoms with Crippen LogP contribution in [0.15, 0.2) is 30.3 Å². The lowest BCUT2D eigenvalue weighted by atomic mass is 10.0. The van der Waals surface area contributed by atoms with Crippen LogP contribution in [-0.4, -0.2) is 65.5 Å². The van der Waals surface area contributed by atoms with Crippen molar-refractivity contribution in [2.45, 2.75) is 70.6 Å². The Morgan fingerprint density at radius 3 is 2.61 bits per heavy atom. The minimum atomic E-state index is -1.15. The van der Waals surface area contributed by atoms with Gasteiger partial charge in [-0.1, -0.05) is 44.4 Å². The van der Waals surface area contributed by atoms with Crippen LogP contribution >= 0.6 is 0 Å². The largest absolute Gasteiger partial charge is 0.337 e. The average Bonchev–Trinajstić information content (AvgIpc) is 3.15. The fraction of sp³-hybridized carbons (Fsp3) is 0.625. The van der Waals surface area contributed by atoms with Crippen molar-refractivity contribution in [3.8, 4) is 6.07 Å². The summed E-state index contributed by atoms with van der Waals surface area (Å²) in [4.78, 5) is 28.8. The number of nitrogens with one attached hydrogen (secondary N) is 1. The van der Waals surface area contributed by atoms with Gasteiger partial charge < -0.3 is 15.1 Å². The molecule has 1 fully saturated rings. The van der Waals surface area contributed by atoms with Crippen LogP contribution in [0, 0.1) is 11.3 Å². The van der Waals surface area contributed by atoms with E-state index in [4.69, 9.17) is 5.26 Å². The Morgan fingerprint density at radius 1 is 1.26 bits per heavy atom. The molecule has 1 N–H and O–H groups in total. The second kappa shape index (κ2) is 11.8. The third kappa shape index (κ3) is 7.62. The molecule has 2 rings (SSSR count). The first-order valence-corrected chi connectivity index (χ1v) is 11.2. The highest BCUT2D eigenvalue weighted by Gasteiger charge is 2.36. The molecular formula is C24H35FN4O2. The van der Waals surface area contributed by atoms with E-state index in [2.05, 4.69) is 12.2 Å². The molecule has 0 radical (unpaired) electrons. The number of nitriles is 1. The topological polar surface area (TPSA) is 76.4 Å². The van der Waals surface area contributed by atoms with Crippen LogP contribution in [0.3, 0.4) is 0 Å². The zero-order chi connectivity index (χ0) is 22.9. The second-order valence-corrected chi connectivity index (χ2v) is 8.91. The van der Waals surface area contributed by atoms with Crippen LogP contribution in [0.4, 0.5) is 4.39 Å². The smallest absolute Gasteiger partial charge is 0.253 e. The summed E-state index contributed by atoms with van der Waals surface area (Å²) in [5.41, 5.74) is 0.120. The van der Waals surface area contributed by atoms with Gasteiger partial charge in [0.15, 0.2) is 0 Å². The standard InChI is InChI=1S/C24H35FN4O2/c1-4-5-6-10-13-28(23(31)19-11-8-7-9-12-19)18-24(2,3)27-16-22(30)29-17-20(25)14-21(29)15-26/h7-9,11-12,20-21,27H,4-6,10,13-14,16-18H2,1-3H3/t20-,21-/m0/s1. The third-order valence-electron chi connectivity index (χ3n) is 5.61. The maximum Gasteiger partial charge on any atom is 0.253 e. The summed E-state index contributed by atoms with van der Waals surface area (Å²) < 4.78 is 13.6. The van der Waals surface area contributed by atoms with Crippen LogP contribution in [0.2, 0.25) is 0 Å². The molecule has 0 aliphatic carbocycles. The Bertz CT molecular complexity index is 763. The highest BCUT2D eigenvalue weighted by molar-refractivity contribution is 5.94. The normalized spacial score (nSPS) is 18.6. The Hall–Kier alpha value is -2.46. The van der Waals surface area contributed by atoms with E-state index in [0.717, 1.165) is 25.7 Å². The minimum Gasteiger partial charge on any atom is -0.337 e. The van der Waals surface area contributed by atoms with Crippen LogP contribution in [0.1, 0.15) is 63.2 Å². The molecule has 1 saturated heterocycles. The third-order valence-corrected chi connectivity index (χ3v) is 5.61. The van der Waals surface area contributed by atoms with Gasteiger partial charge in [0.1, 0.15) is 12.2 Å². The number of hydrogen-bond donors (Lipinski definition) is 1. The van der Waals surface area contributed by atoms with Gasteiger partial charge in [0, 0.05) is 30.6 Å². The van der Waals surface area contributed by atoms with Crippen LogP contribution in [-0.2, 0) is 4.79 Å². The molecule has 1 aliphatic heterocycles. The molecule has 31 heavy (non-hydrogen) atoms. The van der Waals surface area contributed by atoms with Crippen LogP contribution in [0.5, 0.6) is 0 Å². The average molecular weight is 431 g/mol. The van der Waals surface area contributed by atoms with Gasteiger partial charge in [-0.3, -0.25) is 9.59 Å². The first-order chi connectivity index (χ1) is 14.8. The first kappa shape index (κ1) is 24.8. The predicted molar refractivity (Wildman–Crippen MR) is 119 cm³/mol. The molecule has 0 spiro atoms. The highest BCUT2D eigenvalue weighted by atomic mass is 19.1. The Labute approximate surface area is 185 Å². The number of likely N-dealkylation sites (tertiary alicyclic amines) is 1. The van der Waals surface area contributed by atoms with E-state index in [1.165, 1.54) is 4.90 Å². The van der Waals surface area contributed by atoms with E-state index in [0.29, 0.717) is 18.7 Å². The minimum absolute atomic E-state index is 0.00109. The fourth-order valence-corrected chi connectivity index (χ4v) is 3.88. The van der Waals surface area contributed by atoms with Gasteiger partial charge in [0.05, 0.1) is 19.2 Å². The van der Waals surface area contributed by atoms with E-state index in [1.807, 2.05) is 55.1 Å². The van der Waals surface area contributed by atoms with Gasteiger partial charge in [0.2, 0.25) is 5.91 Å². The molecule has 1 aliphatic rings. The SMILES string of the molecule is CCCCCCN(CC(C)(C)NCC(=O)N1C[C@@H](F)C[C@H]1C#N)C(=O)c1ccccc1.